The van der Waals surface area contributed by atoms with E-state index in [1.165, 1.54) is 12.5 Å². The summed E-state index contributed by atoms with van der Waals surface area (Å²) in [7, 11) is 2.03. The number of hydrogen-bond acceptors (Lipinski definition) is 3. The molecule has 1 amide bonds. The number of anilines is 1. The van der Waals surface area contributed by atoms with Crippen molar-refractivity contribution in [1.82, 2.24) is 10.2 Å². The smallest absolute Gasteiger partial charge is 0.235 e. The molecular formula is C18H24FN3O. The fraction of sp³-hybridized carbons (Fsp3) is 0.611. The highest BCUT2D eigenvalue weighted by atomic mass is 19.1. The molecule has 2 fully saturated rings. The second kappa shape index (κ2) is 5.56. The summed E-state index contributed by atoms with van der Waals surface area (Å²) in [6, 6.07) is 5.83. The lowest BCUT2D eigenvalue weighted by Crippen LogP contribution is -2.45. The van der Waals surface area contributed by atoms with Gasteiger partial charge < -0.3 is 10.6 Å². The van der Waals surface area contributed by atoms with Crippen LogP contribution in [-0.2, 0) is 10.2 Å². The van der Waals surface area contributed by atoms with Gasteiger partial charge in [0.1, 0.15) is 5.82 Å². The summed E-state index contributed by atoms with van der Waals surface area (Å²) in [5.74, 6) is -0.191. The van der Waals surface area contributed by atoms with E-state index < -0.39 is 5.41 Å². The first-order valence-electron chi connectivity index (χ1n) is 8.65. The van der Waals surface area contributed by atoms with Crippen LogP contribution in [0.4, 0.5) is 10.1 Å². The number of fused-ring (bicyclic) bond motifs is 2. The second-order valence-electron chi connectivity index (χ2n) is 7.23. The number of hydrogen-bond donors (Lipinski definition) is 2. The summed E-state index contributed by atoms with van der Waals surface area (Å²) in [5.41, 5.74) is 1.16. The molecule has 2 N–H and O–H groups in total. The van der Waals surface area contributed by atoms with Crippen molar-refractivity contribution in [2.45, 2.75) is 49.6 Å². The molecule has 124 valence electrons. The average Bonchev–Trinajstić information content (AvgIpc) is 3.14. The first kappa shape index (κ1) is 15.1. The van der Waals surface area contributed by atoms with Gasteiger partial charge in [-0.25, -0.2) is 4.39 Å². The van der Waals surface area contributed by atoms with E-state index in [1.807, 2.05) is 7.05 Å². The van der Waals surface area contributed by atoms with Gasteiger partial charge in [0.15, 0.2) is 0 Å². The van der Waals surface area contributed by atoms with Crippen molar-refractivity contribution in [2.24, 2.45) is 0 Å². The molecule has 1 aromatic rings. The Balaban J connectivity index is 1.51. The molecule has 1 aromatic carbocycles. The number of benzene rings is 1. The normalized spacial score (nSPS) is 33.9. The van der Waals surface area contributed by atoms with Gasteiger partial charge in [0.05, 0.1) is 5.41 Å². The van der Waals surface area contributed by atoms with Crippen LogP contribution in [0.2, 0.25) is 0 Å². The van der Waals surface area contributed by atoms with Crippen LogP contribution in [0, 0.1) is 5.82 Å². The molecule has 2 aliphatic heterocycles. The number of nitrogens with zero attached hydrogens (tertiary/aromatic N) is 1. The topological polar surface area (TPSA) is 44.4 Å². The first-order chi connectivity index (χ1) is 11.1. The minimum atomic E-state index is -0.504. The van der Waals surface area contributed by atoms with E-state index in [0.717, 1.165) is 50.0 Å². The predicted octanol–water partition coefficient (Wildman–Crippen LogP) is 2.25. The molecule has 0 bridgehead atoms. The zero-order valence-electron chi connectivity index (χ0n) is 13.6. The number of halogens is 1. The Morgan fingerprint density at radius 1 is 1.30 bits per heavy atom. The zero-order valence-corrected chi connectivity index (χ0v) is 13.6. The molecule has 1 saturated heterocycles. The number of likely N-dealkylation sites (N-methyl/N-ethyl adjacent to an activating group) is 1. The van der Waals surface area contributed by atoms with Gasteiger partial charge in [-0.1, -0.05) is 0 Å². The minimum Gasteiger partial charge on any atom is -0.325 e. The number of carbonyl (C=O) groups excluding carboxylic acids is 1. The van der Waals surface area contributed by atoms with Crippen LogP contribution in [-0.4, -0.2) is 43.0 Å². The quantitative estimate of drug-likeness (QED) is 0.879. The summed E-state index contributed by atoms with van der Waals surface area (Å²) >= 11 is 0. The number of carbonyl (C=O) groups is 1. The van der Waals surface area contributed by atoms with Gasteiger partial charge in [0, 0.05) is 30.9 Å². The molecule has 2 heterocycles. The summed E-state index contributed by atoms with van der Waals surface area (Å²) in [4.78, 5) is 15.2. The third-order valence-electron chi connectivity index (χ3n) is 6.13. The first-order valence-corrected chi connectivity index (χ1v) is 8.65. The van der Waals surface area contributed by atoms with Crippen LogP contribution in [0.25, 0.3) is 0 Å². The molecular weight excluding hydrogens is 293 g/mol. The van der Waals surface area contributed by atoms with Crippen molar-refractivity contribution < 1.29 is 9.18 Å². The van der Waals surface area contributed by atoms with Gasteiger partial charge in [0.2, 0.25) is 5.91 Å². The minimum absolute atomic E-state index is 0.0612. The monoisotopic (exact) mass is 317 g/mol. The predicted molar refractivity (Wildman–Crippen MR) is 88.0 cm³/mol. The van der Waals surface area contributed by atoms with Crippen molar-refractivity contribution >= 4 is 11.6 Å². The van der Waals surface area contributed by atoms with Gasteiger partial charge in [0.25, 0.3) is 0 Å². The van der Waals surface area contributed by atoms with Gasteiger partial charge >= 0.3 is 0 Å². The molecule has 4 nitrogen and oxygen atoms in total. The lowest BCUT2D eigenvalue weighted by Gasteiger charge is -2.39. The third kappa shape index (κ3) is 2.37. The van der Waals surface area contributed by atoms with Crippen molar-refractivity contribution in [1.29, 1.82) is 0 Å². The number of nitrogens with one attached hydrogen (secondary N) is 2. The van der Waals surface area contributed by atoms with E-state index in [4.69, 9.17) is 0 Å². The number of rotatable bonds is 2. The molecule has 1 unspecified atom stereocenters. The lowest BCUT2D eigenvalue weighted by atomic mass is 9.68. The highest BCUT2D eigenvalue weighted by Gasteiger charge is 2.49. The Kier molecular flexibility index (Phi) is 3.65. The molecule has 4 rings (SSSR count). The van der Waals surface area contributed by atoms with Gasteiger partial charge in [-0.3, -0.25) is 9.69 Å². The van der Waals surface area contributed by atoms with Gasteiger partial charge in [-0.05, 0) is 62.9 Å². The largest absolute Gasteiger partial charge is 0.325 e. The Labute approximate surface area is 136 Å². The molecule has 1 saturated carbocycles. The van der Waals surface area contributed by atoms with E-state index in [2.05, 4.69) is 15.5 Å². The molecule has 3 aliphatic rings. The Bertz CT molecular complexity index is 625. The standard InChI is InChI=1S/C18H24FN3O/c1-20-13-6-9-22(11-13)14-4-7-18(8-5-14)15-10-12(19)2-3-16(15)21-17(18)23/h2-3,10,13-14,20H,4-9,11H2,1H3,(H,21,23). The van der Waals surface area contributed by atoms with Crippen molar-refractivity contribution in [3.8, 4) is 0 Å². The van der Waals surface area contributed by atoms with Crippen molar-refractivity contribution in [3.05, 3.63) is 29.6 Å². The fourth-order valence-electron chi connectivity index (χ4n) is 4.70. The lowest BCUT2D eigenvalue weighted by molar-refractivity contribution is -0.122. The van der Waals surface area contributed by atoms with E-state index in [-0.39, 0.29) is 11.7 Å². The van der Waals surface area contributed by atoms with Crippen molar-refractivity contribution in [3.63, 3.8) is 0 Å². The maximum Gasteiger partial charge on any atom is 0.235 e. The number of amides is 1. The van der Waals surface area contributed by atoms with Crippen LogP contribution in [0.1, 0.15) is 37.7 Å². The Morgan fingerprint density at radius 2 is 2.09 bits per heavy atom. The second-order valence-corrected chi connectivity index (χ2v) is 7.23. The van der Waals surface area contributed by atoms with E-state index >= 15 is 0 Å². The molecule has 0 aromatic heterocycles. The fourth-order valence-corrected chi connectivity index (χ4v) is 4.70. The van der Waals surface area contributed by atoms with E-state index in [0.29, 0.717) is 12.1 Å². The van der Waals surface area contributed by atoms with Crippen LogP contribution in [0.3, 0.4) is 0 Å². The van der Waals surface area contributed by atoms with Crippen LogP contribution in [0.5, 0.6) is 0 Å². The zero-order chi connectivity index (χ0) is 16.0. The highest BCUT2D eigenvalue weighted by Crippen LogP contribution is 2.48. The highest BCUT2D eigenvalue weighted by molar-refractivity contribution is 6.06. The molecule has 0 radical (unpaired) electrons. The van der Waals surface area contributed by atoms with Crippen molar-refractivity contribution in [2.75, 3.05) is 25.5 Å². The molecule has 1 atom stereocenters. The van der Waals surface area contributed by atoms with Crippen LogP contribution in [0.15, 0.2) is 18.2 Å². The van der Waals surface area contributed by atoms with Gasteiger partial charge in [-0.2, -0.15) is 0 Å². The van der Waals surface area contributed by atoms with E-state index in [9.17, 15) is 9.18 Å². The van der Waals surface area contributed by atoms with E-state index in [1.54, 1.807) is 12.1 Å². The van der Waals surface area contributed by atoms with Crippen LogP contribution >= 0.6 is 0 Å². The maximum absolute atomic E-state index is 13.7. The van der Waals surface area contributed by atoms with Gasteiger partial charge in [-0.15, -0.1) is 0 Å². The average molecular weight is 317 g/mol. The third-order valence-corrected chi connectivity index (χ3v) is 6.13. The Hall–Kier alpha value is -1.46. The summed E-state index contributed by atoms with van der Waals surface area (Å²) in [6.45, 7) is 2.24. The molecule has 1 spiro atoms. The maximum atomic E-state index is 13.7. The van der Waals surface area contributed by atoms with Crippen LogP contribution < -0.4 is 10.6 Å². The summed E-state index contributed by atoms with van der Waals surface area (Å²) in [6.07, 6.45) is 4.87. The molecule has 5 heteroatoms. The number of likely N-dealkylation sites (tertiary alicyclic amines) is 1. The molecule has 1 aliphatic carbocycles. The summed E-state index contributed by atoms with van der Waals surface area (Å²) < 4.78 is 13.7. The SMILES string of the molecule is CNC1CCN(C2CCC3(CC2)C(=O)Nc2ccc(F)cc23)C1. The summed E-state index contributed by atoms with van der Waals surface area (Å²) in [5, 5.41) is 6.32. The molecule has 23 heavy (non-hydrogen) atoms. The Morgan fingerprint density at radius 3 is 2.78 bits per heavy atom.